The van der Waals surface area contributed by atoms with E-state index in [1.54, 1.807) is 0 Å². The van der Waals surface area contributed by atoms with Crippen molar-refractivity contribution in [1.82, 2.24) is 5.32 Å². The zero-order chi connectivity index (χ0) is 8.81. The zero-order valence-corrected chi connectivity index (χ0v) is 8.34. The molecule has 70 valence electrons. The van der Waals surface area contributed by atoms with Gasteiger partial charge in [-0.3, -0.25) is 0 Å². The van der Waals surface area contributed by atoms with Crippen LogP contribution in [0, 0.1) is 5.92 Å². The highest BCUT2D eigenvalue weighted by atomic mass is 14.9. The van der Waals surface area contributed by atoms with Gasteiger partial charge in [0.25, 0.3) is 0 Å². The molecule has 0 aromatic carbocycles. The fourth-order valence-corrected chi connectivity index (χ4v) is 1.58. The van der Waals surface area contributed by atoms with E-state index in [0.717, 1.165) is 5.92 Å². The quantitative estimate of drug-likeness (QED) is 0.600. The van der Waals surface area contributed by atoms with Gasteiger partial charge in [0.15, 0.2) is 0 Å². The van der Waals surface area contributed by atoms with Crippen LogP contribution >= 0.6 is 0 Å². The van der Waals surface area contributed by atoms with E-state index in [-0.39, 0.29) is 0 Å². The maximum Gasteiger partial charge on any atom is 0.0284 e. The summed E-state index contributed by atoms with van der Waals surface area (Å²) in [6, 6.07) is 0.693. The molecule has 0 aromatic rings. The minimum absolute atomic E-state index is 0.693. The summed E-state index contributed by atoms with van der Waals surface area (Å²) >= 11 is 0. The number of nitrogens with one attached hydrogen (secondary N) is 1. The molecule has 0 spiro atoms. The van der Waals surface area contributed by atoms with Crippen molar-refractivity contribution in [2.75, 3.05) is 6.54 Å². The van der Waals surface area contributed by atoms with E-state index in [1.165, 1.54) is 32.2 Å². The first-order chi connectivity index (χ1) is 5.83. The average molecular weight is 167 g/mol. The Balaban J connectivity index is 1.90. The van der Waals surface area contributed by atoms with Crippen LogP contribution in [0.5, 0.6) is 0 Å². The summed E-state index contributed by atoms with van der Waals surface area (Å²) in [5.41, 5.74) is 0. The second-order valence-electron chi connectivity index (χ2n) is 3.91. The summed E-state index contributed by atoms with van der Waals surface area (Å²) in [7, 11) is 0. The Bertz CT molecular complexity index is 140. The molecule has 0 bridgehead atoms. The van der Waals surface area contributed by atoms with Crippen molar-refractivity contribution in [1.29, 1.82) is 0 Å². The van der Waals surface area contributed by atoms with E-state index in [2.05, 4.69) is 31.3 Å². The molecule has 0 radical (unpaired) electrons. The lowest BCUT2D eigenvalue weighted by Crippen LogP contribution is -2.32. The molecule has 1 nitrogen and oxygen atoms in total. The molecule has 2 unspecified atom stereocenters. The molecular formula is C11H21N. The normalized spacial score (nSPS) is 23.7. The average Bonchev–Trinajstić information content (AvgIpc) is 1.95. The van der Waals surface area contributed by atoms with E-state index >= 15 is 0 Å². The Morgan fingerprint density at radius 1 is 1.50 bits per heavy atom. The summed E-state index contributed by atoms with van der Waals surface area (Å²) < 4.78 is 0. The largest absolute Gasteiger partial charge is 0.310 e. The molecule has 0 saturated heterocycles. The van der Waals surface area contributed by atoms with E-state index in [1.807, 2.05) is 0 Å². The fourth-order valence-electron chi connectivity index (χ4n) is 1.58. The van der Waals surface area contributed by atoms with Gasteiger partial charge in [0.05, 0.1) is 0 Å². The monoisotopic (exact) mass is 167 g/mol. The second-order valence-corrected chi connectivity index (χ2v) is 3.91. The van der Waals surface area contributed by atoms with Crippen LogP contribution in [0.4, 0.5) is 0 Å². The van der Waals surface area contributed by atoms with Gasteiger partial charge in [0.2, 0.25) is 0 Å². The summed E-state index contributed by atoms with van der Waals surface area (Å²) in [4.78, 5) is 0. The van der Waals surface area contributed by atoms with Crippen molar-refractivity contribution < 1.29 is 0 Å². The van der Waals surface area contributed by atoms with Gasteiger partial charge in [-0.1, -0.05) is 38.8 Å². The Kier molecular flexibility index (Phi) is 4.37. The van der Waals surface area contributed by atoms with Crippen molar-refractivity contribution in [3.63, 3.8) is 0 Å². The van der Waals surface area contributed by atoms with Crippen molar-refractivity contribution >= 4 is 0 Å². The molecular weight excluding hydrogens is 146 g/mol. The van der Waals surface area contributed by atoms with Gasteiger partial charge >= 0.3 is 0 Å². The van der Waals surface area contributed by atoms with E-state index in [9.17, 15) is 0 Å². The minimum atomic E-state index is 0.693. The molecule has 0 heterocycles. The van der Waals surface area contributed by atoms with Crippen LogP contribution in [0.2, 0.25) is 0 Å². The SMILES string of the molecule is CCCC(C)CCNC1C=CC1. The van der Waals surface area contributed by atoms with Crippen LogP contribution < -0.4 is 5.32 Å². The van der Waals surface area contributed by atoms with Gasteiger partial charge in [-0.05, 0) is 25.3 Å². The molecule has 1 heteroatoms. The molecule has 0 saturated carbocycles. The van der Waals surface area contributed by atoms with Gasteiger partial charge in [0.1, 0.15) is 0 Å². The van der Waals surface area contributed by atoms with Crippen molar-refractivity contribution in [2.45, 2.75) is 45.6 Å². The van der Waals surface area contributed by atoms with Crippen molar-refractivity contribution in [3.8, 4) is 0 Å². The summed E-state index contributed by atoms with van der Waals surface area (Å²) in [5.74, 6) is 0.895. The molecule has 1 N–H and O–H groups in total. The summed E-state index contributed by atoms with van der Waals surface area (Å²) in [6.07, 6.45) is 9.75. The molecule has 0 aromatic heterocycles. The van der Waals surface area contributed by atoms with Crippen molar-refractivity contribution in [3.05, 3.63) is 12.2 Å². The highest BCUT2D eigenvalue weighted by Gasteiger charge is 2.08. The molecule has 1 rings (SSSR count). The first-order valence-corrected chi connectivity index (χ1v) is 5.23. The second kappa shape index (κ2) is 5.36. The number of rotatable bonds is 6. The predicted molar refractivity (Wildman–Crippen MR) is 54.2 cm³/mol. The smallest absolute Gasteiger partial charge is 0.0284 e. The lowest BCUT2D eigenvalue weighted by molar-refractivity contribution is 0.446. The maximum absolute atomic E-state index is 3.52. The van der Waals surface area contributed by atoms with Crippen LogP contribution in [-0.4, -0.2) is 12.6 Å². The van der Waals surface area contributed by atoms with Gasteiger partial charge in [-0.15, -0.1) is 0 Å². The van der Waals surface area contributed by atoms with Gasteiger partial charge in [-0.25, -0.2) is 0 Å². The van der Waals surface area contributed by atoms with Gasteiger partial charge in [0, 0.05) is 6.04 Å². The number of hydrogen-bond donors (Lipinski definition) is 1. The fraction of sp³-hybridized carbons (Fsp3) is 0.818. The van der Waals surface area contributed by atoms with Crippen molar-refractivity contribution in [2.24, 2.45) is 5.92 Å². The third-order valence-corrected chi connectivity index (χ3v) is 2.58. The first-order valence-electron chi connectivity index (χ1n) is 5.23. The van der Waals surface area contributed by atoms with Crippen LogP contribution in [0.1, 0.15) is 39.5 Å². The Morgan fingerprint density at radius 2 is 2.25 bits per heavy atom. The Labute approximate surface area is 76.2 Å². The van der Waals surface area contributed by atoms with E-state index in [0.29, 0.717) is 6.04 Å². The molecule has 0 amide bonds. The van der Waals surface area contributed by atoms with Gasteiger partial charge < -0.3 is 5.32 Å². The topological polar surface area (TPSA) is 12.0 Å². The molecule has 1 aliphatic carbocycles. The molecule has 12 heavy (non-hydrogen) atoms. The lowest BCUT2D eigenvalue weighted by Gasteiger charge is -2.20. The Hall–Kier alpha value is -0.300. The number of hydrogen-bond acceptors (Lipinski definition) is 1. The molecule has 1 aliphatic rings. The van der Waals surface area contributed by atoms with Gasteiger partial charge in [-0.2, -0.15) is 0 Å². The molecule has 0 aliphatic heterocycles. The lowest BCUT2D eigenvalue weighted by atomic mass is 10.0. The minimum Gasteiger partial charge on any atom is -0.310 e. The van der Waals surface area contributed by atoms with E-state index < -0.39 is 0 Å². The summed E-state index contributed by atoms with van der Waals surface area (Å²) in [5, 5.41) is 3.52. The third-order valence-electron chi connectivity index (χ3n) is 2.58. The highest BCUT2D eigenvalue weighted by Crippen LogP contribution is 2.10. The Morgan fingerprint density at radius 3 is 2.75 bits per heavy atom. The van der Waals surface area contributed by atoms with Crippen LogP contribution in [0.15, 0.2) is 12.2 Å². The third kappa shape index (κ3) is 3.40. The van der Waals surface area contributed by atoms with Crippen LogP contribution in [0.3, 0.4) is 0 Å². The standard InChI is InChI=1S/C11H21N/c1-3-5-10(2)8-9-12-11-6-4-7-11/h4,6,10-12H,3,5,7-9H2,1-2H3. The first kappa shape index (κ1) is 9.79. The van der Waals surface area contributed by atoms with Crippen LogP contribution in [0.25, 0.3) is 0 Å². The van der Waals surface area contributed by atoms with Crippen LogP contribution in [-0.2, 0) is 0 Å². The summed E-state index contributed by atoms with van der Waals surface area (Å²) in [6.45, 7) is 5.80. The predicted octanol–water partition coefficient (Wildman–Crippen LogP) is 2.73. The maximum atomic E-state index is 3.52. The highest BCUT2D eigenvalue weighted by molar-refractivity contribution is 5.06. The molecule has 0 fully saturated rings. The zero-order valence-electron chi connectivity index (χ0n) is 8.34. The van der Waals surface area contributed by atoms with E-state index in [4.69, 9.17) is 0 Å². The molecule has 2 atom stereocenters.